The van der Waals surface area contributed by atoms with Gasteiger partial charge in [0.25, 0.3) is 0 Å². The zero-order chi connectivity index (χ0) is 11.5. The second kappa shape index (κ2) is 4.42. The van der Waals surface area contributed by atoms with Crippen LogP contribution >= 0.6 is 0 Å². The van der Waals surface area contributed by atoms with Crippen molar-refractivity contribution in [2.24, 2.45) is 0 Å². The number of nitrogens with one attached hydrogen (secondary N) is 1. The number of anilines is 1. The minimum absolute atomic E-state index is 0.135. The highest BCUT2D eigenvalue weighted by Crippen LogP contribution is 2.37. The first-order chi connectivity index (χ1) is 6.99. The lowest BCUT2D eigenvalue weighted by atomic mass is 10.1. The Morgan fingerprint density at radius 2 is 2.00 bits per heavy atom. The Balaban J connectivity index is 3.16. The number of rotatable bonds is 3. The number of benzene rings is 1. The largest absolute Gasteiger partial charge is 0.493 e. The van der Waals surface area contributed by atoms with E-state index in [2.05, 4.69) is 5.32 Å². The first-order valence-electron chi connectivity index (χ1n) is 4.50. The average Bonchev–Trinajstić information content (AvgIpc) is 2.17. The SMILES string of the molecule is CCOc1ccc(NC)cc1C(F)(F)F. The van der Waals surface area contributed by atoms with Crippen molar-refractivity contribution in [1.82, 2.24) is 0 Å². The second-order valence-corrected chi connectivity index (χ2v) is 2.89. The molecule has 0 saturated heterocycles. The lowest BCUT2D eigenvalue weighted by Gasteiger charge is -2.14. The van der Waals surface area contributed by atoms with E-state index in [1.165, 1.54) is 6.07 Å². The van der Waals surface area contributed by atoms with Crippen LogP contribution in [0.1, 0.15) is 12.5 Å². The average molecular weight is 219 g/mol. The maximum Gasteiger partial charge on any atom is 0.420 e. The van der Waals surface area contributed by atoms with Gasteiger partial charge in [-0.05, 0) is 25.1 Å². The van der Waals surface area contributed by atoms with E-state index >= 15 is 0 Å². The smallest absolute Gasteiger partial charge is 0.420 e. The summed E-state index contributed by atoms with van der Waals surface area (Å²) in [6.45, 7) is 1.86. The molecule has 5 heteroatoms. The number of hydrogen-bond acceptors (Lipinski definition) is 2. The van der Waals surface area contributed by atoms with E-state index in [0.717, 1.165) is 6.07 Å². The van der Waals surface area contributed by atoms with Crippen molar-refractivity contribution in [3.63, 3.8) is 0 Å². The van der Waals surface area contributed by atoms with Gasteiger partial charge in [-0.3, -0.25) is 0 Å². The molecule has 1 rings (SSSR count). The molecule has 0 saturated carbocycles. The van der Waals surface area contributed by atoms with Gasteiger partial charge in [0.15, 0.2) is 0 Å². The Bertz CT molecular complexity index is 336. The van der Waals surface area contributed by atoms with Crippen molar-refractivity contribution in [2.45, 2.75) is 13.1 Å². The van der Waals surface area contributed by atoms with Crippen LogP contribution in [0.4, 0.5) is 18.9 Å². The molecular formula is C10H12F3NO. The summed E-state index contributed by atoms with van der Waals surface area (Å²) >= 11 is 0. The first-order valence-corrected chi connectivity index (χ1v) is 4.50. The first kappa shape index (κ1) is 11.7. The summed E-state index contributed by atoms with van der Waals surface area (Å²) in [4.78, 5) is 0. The Morgan fingerprint density at radius 1 is 1.33 bits per heavy atom. The number of halogens is 3. The monoisotopic (exact) mass is 219 g/mol. The molecule has 0 aromatic heterocycles. The molecule has 0 fully saturated rings. The fraction of sp³-hybridized carbons (Fsp3) is 0.400. The minimum atomic E-state index is -4.39. The van der Waals surface area contributed by atoms with Crippen molar-refractivity contribution < 1.29 is 17.9 Å². The van der Waals surface area contributed by atoms with E-state index < -0.39 is 11.7 Å². The molecule has 0 amide bonds. The van der Waals surface area contributed by atoms with Crippen molar-refractivity contribution in [1.29, 1.82) is 0 Å². The van der Waals surface area contributed by atoms with E-state index in [-0.39, 0.29) is 12.4 Å². The Hall–Kier alpha value is -1.39. The van der Waals surface area contributed by atoms with E-state index in [9.17, 15) is 13.2 Å². The third-order valence-corrected chi connectivity index (χ3v) is 1.87. The maximum atomic E-state index is 12.6. The summed E-state index contributed by atoms with van der Waals surface area (Å²) in [6, 6.07) is 3.89. The summed E-state index contributed by atoms with van der Waals surface area (Å²) in [5.74, 6) is -0.135. The number of hydrogen-bond donors (Lipinski definition) is 1. The molecular weight excluding hydrogens is 207 g/mol. The lowest BCUT2D eigenvalue weighted by Crippen LogP contribution is -2.09. The standard InChI is InChI=1S/C10H12F3NO/c1-3-15-9-5-4-7(14-2)6-8(9)10(11,12)13/h4-6,14H,3H2,1-2H3. The van der Waals surface area contributed by atoms with Gasteiger partial charge in [-0.15, -0.1) is 0 Å². The normalized spacial score (nSPS) is 11.3. The highest BCUT2D eigenvalue weighted by molar-refractivity contribution is 5.51. The summed E-state index contributed by atoms with van der Waals surface area (Å²) in [6.07, 6.45) is -4.39. The molecule has 0 unspecified atom stereocenters. The van der Waals surface area contributed by atoms with Crippen molar-refractivity contribution >= 4 is 5.69 Å². The van der Waals surface area contributed by atoms with Gasteiger partial charge in [0.2, 0.25) is 0 Å². The second-order valence-electron chi connectivity index (χ2n) is 2.89. The van der Waals surface area contributed by atoms with Crippen LogP contribution < -0.4 is 10.1 Å². The predicted octanol–water partition coefficient (Wildman–Crippen LogP) is 3.15. The highest BCUT2D eigenvalue weighted by atomic mass is 19.4. The zero-order valence-electron chi connectivity index (χ0n) is 8.48. The van der Waals surface area contributed by atoms with Crippen molar-refractivity contribution in [2.75, 3.05) is 19.0 Å². The number of alkyl halides is 3. The third-order valence-electron chi connectivity index (χ3n) is 1.87. The minimum Gasteiger partial charge on any atom is -0.493 e. The predicted molar refractivity (Wildman–Crippen MR) is 52.2 cm³/mol. The van der Waals surface area contributed by atoms with Crippen molar-refractivity contribution in [3.8, 4) is 5.75 Å². The van der Waals surface area contributed by atoms with Gasteiger partial charge in [0, 0.05) is 12.7 Å². The van der Waals surface area contributed by atoms with E-state index in [1.807, 2.05) is 0 Å². The Morgan fingerprint density at radius 3 is 2.47 bits per heavy atom. The van der Waals surface area contributed by atoms with Crippen LogP contribution in [0.15, 0.2) is 18.2 Å². The molecule has 15 heavy (non-hydrogen) atoms. The lowest BCUT2D eigenvalue weighted by molar-refractivity contribution is -0.138. The summed E-state index contributed by atoms with van der Waals surface area (Å²) in [7, 11) is 1.57. The molecule has 0 heterocycles. The van der Waals surface area contributed by atoms with Gasteiger partial charge in [-0.2, -0.15) is 13.2 Å². The molecule has 0 aliphatic rings. The molecule has 0 spiro atoms. The summed E-state index contributed by atoms with van der Waals surface area (Å²) in [5, 5.41) is 2.65. The molecule has 1 N–H and O–H groups in total. The number of ether oxygens (including phenoxy) is 1. The molecule has 0 radical (unpaired) electrons. The molecule has 84 valence electrons. The maximum absolute atomic E-state index is 12.6. The van der Waals surface area contributed by atoms with E-state index in [1.54, 1.807) is 20.0 Å². The molecule has 2 nitrogen and oxygen atoms in total. The topological polar surface area (TPSA) is 21.3 Å². The van der Waals surface area contributed by atoms with Crippen LogP contribution in [0, 0.1) is 0 Å². The van der Waals surface area contributed by atoms with E-state index in [4.69, 9.17) is 4.74 Å². The van der Waals surface area contributed by atoms with Gasteiger partial charge in [-0.1, -0.05) is 0 Å². The van der Waals surface area contributed by atoms with Gasteiger partial charge >= 0.3 is 6.18 Å². The molecule has 0 atom stereocenters. The van der Waals surface area contributed by atoms with Crippen LogP contribution in [-0.4, -0.2) is 13.7 Å². The Kier molecular flexibility index (Phi) is 3.44. The van der Waals surface area contributed by atoms with Crippen LogP contribution in [-0.2, 0) is 6.18 Å². The van der Waals surface area contributed by atoms with Crippen LogP contribution in [0.25, 0.3) is 0 Å². The van der Waals surface area contributed by atoms with Crippen LogP contribution in [0.5, 0.6) is 5.75 Å². The zero-order valence-corrected chi connectivity index (χ0v) is 8.48. The summed E-state index contributed by atoms with van der Waals surface area (Å²) in [5.41, 5.74) is -0.345. The van der Waals surface area contributed by atoms with Crippen LogP contribution in [0.3, 0.4) is 0 Å². The van der Waals surface area contributed by atoms with E-state index in [0.29, 0.717) is 5.69 Å². The quantitative estimate of drug-likeness (QED) is 0.843. The van der Waals surface area contributed by atoms with Gasteiger partial charge in [0.05, 0.1) is 12.2 Å². The van der Waals surface area contributed by atoms with Crippen LogP contribution in [0.2, 0.25) is 0 Å². The van der Waals surface area contributed by atoms with Crippen molar-refractivity contribution in [3.05, 3.63) is 23.8 Å². The van der Waals surface area contributed by atoms with Gasteiger partial charge in [-0.25, -0.2) is 0 Å². The Labute approximate surface area is 86.1 Å². The summed E-state index contributed by atoms with van der Waals surface area (Å²) < 4.78 is 42.7. The molecule has 1 aromatic carbocycles. The van der Waals surface area contributed by atoms with Gasteiger partial charge < -0.3 is 10.1 Å². The van der Waals surface area contributed by atoms with Gasteiger partial charge in [0.1, 0.15) is 5.75 Å². The fourth-order valence-electron chi connectivity index (χ4n) is 1.19. The third kappa shape index (κ3) is 2.78. The molecule has 0 aliphatic heterocycles. The molecule has 1 aromatic rings. The fourth-order valence-corrected chi connectivity index (χ4v) is 1.19. The highest BCUT2D eigenvalue weighted by Gasteiger charge is 2.34. The molecule has 0 bridgehead atoms. The molecule has 0 aliphatic carbocycles.